The fourth-order valence-corrected chi connectivity index (χ4v) is 3.18. The zero-order valence-electron chi connectivity index (χ0n) is 16.8. The van der Waals surface area contributed by atoms with Crippen molar-refractivity contribution in [2.75, 3.05) is 31.1 Å². The Balaban J connectivity index is 1.52. The van der Waals surface area contributed by atoms with Crippen LogP contribution in [0.2, 0.25) is 0 Å². The average Bonchev–Trinajstić information content (AvgIpc) is 2.99. The van der Waals surface area contributed by atoms with Crippen LogP contribution in [0.3, 0.4) is 0 Å². The predicted molar refractivity (Wildman–Crippen MR) is 110 cm³/mol. The number of ether oxygens (including phenoxy) is 1. The summed E-state index contributed by atoms with van der Waals surface area (Å²) in [6.07, 6.45) is 4.30. The van der Waals surface area contributed by atoms with E-state index in [1.54, 1.807) is 29.4 Å². The van der Waals surface area contributed by atoms with Crippen LogP contribution in [0.5, 0.6) is 5.88 Å². The van der Waals surface area contributed by atoms with Gasteiger partial charge in [-0.3, -0.25) is 0 Å². The van der Waals surface area contributed by atoms with Crippen LogP contribution in [-0.4, -0.2) is 53.2 Å². The number of rotatable bonds is 5. The van der Waals surface area contributed by atoms with E-state index in [1.807, 2.05) is 26.0 Å². The molecule has 1 saturated heterocycles. The summed E-state index contributed by atoms with van der Waals surface area (Å²) in [6, 6.07) is 9.33. The number of urea groups is 1. The second-order valence-electron chi connectivity index (χ2n) is 7.14. The zero-order chi connectivity index (χ0) is 20.6. The molecule has 0 spiro atoms. The molecule has 0 bridgehead atoms. The molecule has 0 unspecified atom stereocenters. The van der Waals surface area contributed by atoms with Crippen molar-refractivity contribution in [2.24, 2.45) is 0 Å². The molecule has 0 atom stereocenters. The minimum absolute atomic E-state index is 0.0750. The van der Waals surface area contributed by atoms with Gasteiger partial charge in [0.1, 0.15) is 11.9 Å². The number of nitrogens with zero attached hydrogens (tertiary/aromatic N) is 5. The summed E-state index contributed by atoms with van der Waals surface area (Å²) in [4.78, 5) is 25.1. The third-order valence-corrected chi connectivity index (χ3v) is 4.59. The van der Waals surface area contributed by atoms with Gasteiger partial charge in [-0.2, -0.15) is 5.26 Å². The van der Waals surface area contributed by atoms with Gasteiger partial charge in [-0.25, -0.2) is 14.8 Å². The van der Waals surface area contributed by atoms with E-state index < -0.39 is 0 Å². The van der Waals surface area contributed by atoms with Crippen molar-refractivity contribution < 1.29 is 9.53 Å². The van der Waals surface area contributed by atoms with Crippen LogP contribution in [0.1, 0.15) is 31.4 Å². The van der Waals surface area contributed by atoms with E-state index in [2.05, 4.69) is 26.3 Å². The highest BCUT2D eigenvalue weighted by molar-refractivity contribution is 5.74. The van der Waals surface area contributed by atoms with E-state index in [1.165, 1.54) is 0 Å². The molecule has 0 aromatic carbocycles. The Hall–Kier alpha value is -3.34. The van der Waals surface area contributed by atoms with Crippen molar-refractivity contribution in [3.8, 4) is 11.9 Å². The van der Waals surface area contributed by atoms with Crippen molar-refractivity contribution in [2.45, 2.75) is 32.9 Å². The monoisotopic (exact) mass is 394 g/mol. The normalized spacial score (nSPS) is 14.3. The summed E-state index contributed by atoms with van der Waals surface area (Å²) in [5.74, 6) is 1.26. The molecule has 2 amide bonds. The first-order valence-corrected chi connectivity index (χ1v) is 9.81. The second kappa shape index (κ2) is 9.73. The highest BCUT2D eigenvalue weighted by Gasteiger charge is 2.21. The Morgan fingerprint density at radius 3 is 2.83 bits per heavy atom. The lowest BCUT2D eigenvalue weighted by molar-refractivity contribution is 0.201. The van der Waals surface area contributed by atoms with Crippen molar-refractivity contribution >= 4 is 11.8 Å². The van der Waals surface area contributed by atoms with Gasteiger partial charge in [-0.1, -0.05) is 6.07 Å². The summed E-state index contributed by atoms with van der Waals surface area (Å²) >= 11 is 0. The average molecular weight is 394 g/mol. The number of anilines is 1. The lowest BCUT2D eigenvalue weighted by Gasteiger charge is -2.23. The van der Waals surface area contributed by atoms with Crippen molar-refractivity contribution in [3.63, 3.8) is 0 Å². The predicted octanol–water partition coefficient (Wildman–Crippen LogP) is 2.56. The Morgan fingerprint density at radius 1 is 1.24 bits per heavy atom. The van der Waals surface area contributed by atoms with Gasteiger partial charge in [-0.05, 0) is 38.0 Å². The van der Waals surface area contributed by atoms with Crippen LogP contribution in [0, 0.1) is 11.3 Å². The number of hydrogen-bond donors (Lipinski definition) is 1. The van der Waals surface area contributed by atoms with Crippen LogP contribution in [0.25, 0.3) is 0 Å². The summed E-state index contributed by atoms with van der Waals surface area (Å²) in [7, 11) is 0. The topological polar surface area (TPSA) is 94.4 Å². The third kappa shape index (κ3) is 5.57. The number of aromatic nitrogens is 2. The number of hydrogen-bond acceptors (Lipinski definition) is 6. The first kappa shape index (κ1) is 20.4. The van der Waals surface area contributed by atoms with Gasteiger partial charge in [0.15, 0.2) is 0 Å². The SMILES string of the molecule is CC(C)Oc1ccc(CNC(=O)N2CCCN(c3ncccc3C#N)CC2)cn1. The van der Waals surface area contributed by atoms with Crippen LogP contribution >= 0.6 is 0 Å². The summed E-state index contributed by atoms with van der Waals surface area (Å²) < 4.78 is 5.53. The van der Waals surface area contributed by atoms with Gasteiger partial charge in [-0.15, -0.1) is 0 Å². The molecule has 1 aliphatic heterocycles. The fourth-order valence-electron chi connectivity index (χ4n) is 3.18. The van der Waals surface area contributed by atoms with Crippen LogP contribution in [0.15, 0.2) is 36.7 Å². The number of amides is 2. The van der Waals surface area contributed by atoms with E-state index in [9.17, 15) is 10.1 Å². The number of nitriles is 1. The molecule has 8 heteroatoms. The van der Waals surface area contributed by atoms with Crippen molar-refractivity contribution in [3.05, 3.63) is 47.8 Å². The Labute approximate surface area is 171 Å². The van der Waals surface area contributed by atoms with Gasteiger partial charge in [0.2, 0.25) is 5.88 Å². The summed E-state index contributed by atoms with van der Waals surface area (Å²) in [5.41, 5.74) is 1.47. The Bertz CT molecular complexity index is 862. The molecule has 0 saturated carbocycles. The molecule has 29 heavy (non-hydrogen) atoms. The minimum Gasteiger partial charge on any atom is -0.475 e. The van der Waals surface area contributed by atoms with Crippen molar-refractivity contribution in [1.82, 2.24) is 20.2 Å². The quantitative estimate of drug-likeness (QED) is 0.838. The lowest BCUT2D eigenvalue weighted by atomic mass is 10.2. The number of nitrogens with one attached hydrogen (secondary N) is 1. The van der Waals surface area contributed by atoms with E-state index >= 15 is 0 Å². The van der Waals surface area contributed by atoms with Gasteiger partial charge in [0.25, 0.3) is 0 Å². The Kier molecular flexibility index (Phi) is 6.85. The minimum atomic E-state index is -0.101. The molecule has 152 valence electrons. The molecular formula is C21H26N6O2. The van der Waals surface area contributed by atoms with Gasteiger partial charge < -0.3 is 19.9 Å². The zero-order valence-corrected chi connectivity index (χ0v) is 16.8. The van der Waals surface area contributed by atoms with E-state index in [0.29, 0.717) is 43.4 Å². The first-order valence-electron chi connectivity index (χ1n) is 9.81. The molecule has 3 rings (SSSR count). The first-order chi connectivity index (χ1) is 14.1. The molecule has 0 aliphatic carbocycles. The highest BCUT2D eigenvalue weighted by Crippen LogP contribution is 2.18. The fraction of sp³-hybridized carbons (Fsp3) is 0.429. The maximum Gasteiger partial charge on any atom is 0.317 e. The standard InChI is InChI=1S/C21H26N6O2/c1-16(2)29-19-7-6-17(14-24-19)15-25-21(28)27-10-4-9-26(11-12-27)20-18(13-22)5-3-8-23-20/h3,5-8,14,16H,4,9-12,15H2,1-2H3,(H,25,28). The molecular weight excluding hydrogens is 368 g/mol. The van der Waals surface area contributed by atoms with Crippen LogP contribution in [0.4, 0.5) is 10.6 Å². The molecule has 8 nitrogen and oxygen atoms in total. The van der Waals surface area contributed by atoms with E-state index in [0.717, 1.165) is 18.5 Å². The van der Waals surface area contributed by atoms with Crippen LogP contribution < -0.4 is 15.0 Å². The van der Waals surface area contributed by atoms with Gasteiger partial charge in [0.05, 0.1) is 11.7 Å². The van der Waals surface area contributed by atoms with Gasteiger partial charge in [0, 0.05) is 51.2 Å². The molecule has 2 aromatic rings. The number of pyridine rings is 2. The van der Waals surface area contributed by atoms with E-state index in [-0.39, 0.29) is 12.1 Å². The lowest BCUT2D eigenvalue weighted by Crippen LogP contribution is -2.41. The Morgan fingerprint density at radius 2 is 2.10 bits per heavy atom. The van der Waals surface area contributed by atoms with Crippen LogP contribution in [-0.2, 0) is 6.54 Å². The smallest absolute Gasteiger partial charge is 0.317 e. The van der Waals surface area contributed by atoms with Crippen molar-refractivity contribution in [1.29, 1.82) is 5.26 Å². The van der Waals surface area contributed by atoms with E-state index in [4.69, 9.17) is 4.74 Å². The van der Waals surface area contributed by atoms with Gasteiger partial charge >= 0.3 is 6.03 Å². The molecule has 1 N–H and O–H groups in total. The third-order valence-electron chi connectivity index (χ3n) is 4.59. The molecule has 1 aliphatic rings. The molecule has 3 heterocycles. The summed E-state index contributed by atoms with van der Waals surface area (Å²) in [5, 5.41) is 12.2. The maximum atomic E-state index is 12.6. The highest BCUT2D eigenvalue weighted by atomic mass is 16.5. The molecule has 2 aromatic heterocycles. The maximum absolute atomic E-state index is 12.6. The molecule has 0 radical (unpaired) electrons. The summed E-state index contributed by atoms with van der Waals surface area (Å²) in [6.45, 7) is 6.95. The number of carbonyl (C=O) groups is 1. The second-order valence-corrected chi connectivity index (χ2v) is 7.14. The largest absolute Gasteiger partial charge is 0.475 e. The number of carbonyl (C=O) groups excluding carboxylic acids is 1. The molecule has 1 fully saturated rings.